The molecule has 4 nitrogen and oxygen atoms in total. The molecule has 2 aliphatic carbocycles. The van der Waals surface area contributed by atoms with Crippen LogP contribution < -0.4 is 20.9 Å². The predicted octanol–water partition coefficient (Wildman–Crippen LogP) is 16.0. The van der Waals surface area contributed by atoms with Crippen molar-refractivity contribution in [3.05, 3.63) is 106 Å². The highest BCUT2D eigenvalue weighted by Gasteiger charge is 2.42. The summed E-state index contributed by atoms with van der Waals surface area (Å²) in [5, 5.41) is 0. The van der Waals surface area contributed by atoms with Gasteiger partial charge in [0.15, 0.2) is 0 Å². The van der Waals surface area contributed by atoms with Gasteiger partial charge in [0, 0.05) is 16.8 Å². The van der Waals surface area contributed by atoms with Gasteiger partial charge in [0.05, 0.1) is 0 Å². The summed E-state index contributed by atoms with van der Waals surface area (Å²) in [7, 11) is 0. The minimum atomic E-state index is -0.0627. The number of nitrogen functional groups attached to an aromatic ring is 2. The molecule has 6 rings (SSSR count). The number of nitrogens with two attached hydrogens (primary N) is 2. The standard InChI is InChI=1S/C54H76N2O2/c1-6-7-8-9-10-11-12-13-14-15-16-17-18-43-19-21-44(22-20-43)45-31-33-54(34-32-45,46-35-39(2)52(40(3)36-46)57-50-27-23-48(55)24-28-50)47-37-41(4)53(42(5)38-47)58-51-29-25-49(56)26-30-51/h23-30,35-38,43-45H,6-22,31-34,55-56H2,1-5H3/t43-,44+. The van der Waals surface area contributed by atoms with Gasteiger partial charge < -0.3 is 20.9 Å². The summed E-state index contributed by atoms with van der Waals surface area (Å²) in [6.07, 6.45) is 29.4. The fourth-order valence-electron chi connectivity index (χ4n) is 10.7. The van der Waals surface area contributed by atoms with Crippen molar-refractivity contribution in [1.29, 1.82) is 0 Å². The molecular formula is C54H76N2O2. The van der Waals surface area contributed by atoms with Crippen molar-refractivity contribution in [2.24, 2.45) is 17.8 Å². The van der Waals surface area contributed by atoms with Crippen molar-refractivity contribution in [1.82, 2.24) is 0 Å². The fourth-order valence-corrected chi connectivity index (χ4v) is 10.7. The molecule has 4 aromatic carbocycles. The van der Waals surface area contributed by atoms with Crippen LogP contribution in [0.15, 0.2) is 72.8 Å². The number of hydrogen-bond donors (Lipinski definition) is 2. The molecule has 0 spiro atoms. The van der Waals surface area contributed by atoms with Crippen LogP contribution in [0.2, 0.25) is 0 Å². The highest BCUT2D eigenvalue weighted by Crippen LogP contribution is 2.52. The third-order valence-corrected chi connectivity index (χ3v) is 14.1. The summed E-state index contributed by atoms with van der Waals surface area (Å²) in [4.78, 5) is 0. The van der Waals surface area contributed by atoms with Crippen molar-refractivity contribution < 1.29 is 9.47 Å². The van der Waals surface area contributed by atoms with Crippen LogP contribution in [-0.2, 0) is 5.41 Å². The summed E-state index contributed by atoms with van der Waals surface area (Å²) in [6, 6.07) is 25.1. The van der Waals surface area contributed by atoms with E-state index in [4.69, 9.17) is 20.9 Å². The summed E-state index contributed by atoms with van der Waals surface area (Å²) < 4.78 is 13.0. The van der Waals surface area contributed by atoms with Gasteiger partial charge >= 0.3 is 0 Å². The van der Waals surface area contributed by atoms with Gasteiger partial charge in [-0.15, -0.1) is 0 Å². The molecule has 0 atom stereocenters. The predicted molar refractivity (Wildman–Crippen MR) is 248 cm³/mol. The third-order valence-electron chi connectivity index (χ3n) is 14.1. The van der Waals surface area contributed by atoms with Crippen LogP contribution in [0.5, 0.6) is 23.0 Å². The van der Waals surface area contributed by atoms with Crippen LogP contribution in [-0.4, -0.2) is 0 Å². The average Bonchev–Trinajstić information content (AvgIpc) is 3.22. The molecule has 0 amide bonds. The fraction of sp³-hybridized carbons (Fsp3) is 0.556. The van der Waals surface area contributed by atoms with E-state index in [0.717, 1.165) is 52.1 Å². The normalized spacial score (nSPS) is 18.3. The van der Waals surface area contributed by atoms with E-state index in [0.29, 0.717) is 0 Å². The van der Waals surface area contributed by atoms with E-state index in [1.807, 2.05) is 48.5 Å². The summed E-state index contributed by atoms with van der Waals surface area (Å²) in [5.41, 5.74) is 20.9. The quantitative estimate of drug-likeness (QED) is 0.0692. The first-order valence-corrected chi connectivity index (χ1v) is 23.5. The zero-order valence-corrected chi connectivity index (χ0v) is 37.0. The Kier molecular flexibility index (Phi) is 16.1. The Morgan fingerprint density at radius 2 is 0.845 bits per heavy atom. The second-order valence-electron chi connectivity index (χ2n) is 18.6. The smallest absolute Gasteiger partial charge is 0.133 e. The third kappa shape index (κ3) is 11.6. The van der Waals surface area contributed by atoms with E-state index in [-0.39, 0.29) is 5.41 Å². The van der Waals surface area contributed by atoms with Gasteiger partial charge in [0.1, 0.15) is 23.0 Å². The lowest BCUT2D eigenvalue weighted by Gasteiger charge is -2.45. The molecule has 2 saturated carbocycles. The SMILES string of the molecule is CCCCCCCCCCCCCC[C@H]1CC[C@@H](C2CCC(c3cc(C)c(Oc4ccc(N)cc4)c(C)c3)(c3cc(C)c(Oc4ccc(N)cc4)c(C)c3)CC2)CC1. The highest BCUT2D eigenvalue weighted by atomic mass is 16.5. The largest absolute Gasteiger partial charge is 0.457 e. The second kappa shape index (κ2) is 21.4. The number of ether oxygens (including phenoxy) is 2. The first kappa shape index (κ1) is 43.7. The van der Waals surface area contributed by atoms with Crippen molar-refractivity contribution >= 4 is 11.4 Å². The molecule has 0 aromatic heterocycles. The van der Waals surface area contributed by atoms with Crippen molar-refractivity contribution in [3.63, 3.8) is 0 Å². The van der Waals surface area contributed by atoms with E-state index in [1.165, 1.54) is 168 Å². The molecule has 0 radical (unpaired) electrons. The molecule has 0 bridgehead atoms. The number of rotatable bonds is 20. The number of benzene rings is 4. The lowest BCUT2D eigenvalue weighted by molar-refractivity contribution is 0.140. The molecule has 0 saturated heterocycles. The molecule has 4 N–H and O–H groups in total. The van der Waals surface area contributed by atoms with Gasteiger partial charge in [0.25, 0.3) is 0 Å². The molecule has 2 aliphatic rings. The summed E-state index contributed by atoms with van der Waals surface area (Å²) in [6.45, 7) is 11.1. The number of unbranched alkanes of at least 4 members (excludes halogenated alkanes) is 11. The summed E-state index contributed by atoms with van der Waals surface area (Å²) in [5.74, 6) is 6.18. The minimum Gasteiger partial charge on any atom is -0.457 e. The number of hydrogen-bond acceptors (Lipinski definition) is 4. The van der Waals surface area contributed by atoms with Gasteiger partial charge in [-0.1, -0.05) is 128 Å². The van der Waals surface area contributed by atoms with Gasteiger partial charge in [-0.05, 0) is 166 Å². The number of anilines is 2. The Morgan fingerprint density at radius 3 is 1.24 bits per heavy atom. The molecule has 0 unspecified atom stereocenters. The van der Waals surface area contributed by atoms with Crippen LogP contribution in [0.1, 0.15) is 175 Å². The van der Waals surface area contributed by atoms with E-state index < -0.39 is 0 Å². The molecular weight excluding hydrogens is 709 g/mol. The minimum absolute atomic E-state index is 0.0627. The average molecular weight is 785 g/mol. The lowest BCUT2D eigenvalue weighted by Crippen LogP contribution is -2.36. The summed E-state index contributed by atoms with van der Waals surface area (Å²) >= 11 is 0. The topological polar surface area (TPSA) is 70.5 Å². The van der Waals surface area contributed by atoms with E-state index >= 15 is 0 Å². The Labute approximate surface area is 352 Å². The van der Waals surface area contributed by atoms with Crippen molar-refractivity contribution in [2.45, 2.75) is 175 Å². The van der Waals surface area contributed by atoms with Crippen LogP contribution in [0.4, 0.5) is 11.4 Å². The highest BCUT2D eigenvalue weighted by molar-refractivity contribution is 5.55. The molecule has 2 fully saturated rings. The Morgan fingerprint density at radius 1 is 0.483 bits per heavy atom. The molecule has 0 aliphatic heterocycles. The molecule has 314 valence electrons. The molecule has 4 aromatic rings. The monoisotopic (exact) mass is 785 g/mol. The van der Waals surface area contributed by atoms with Crippen molar-refractivity contribution in [2.75, 3.05) is 11.5 Å². The zero-order valence-electron chi connectivity index (χ0n) is 37.0. The second-order valence-corrected chi connectivity index (χ2v) is 18.6. The van der Waals surface area contributed by atoms with E-state index in [2.05, 4.69) is 58.9 Å². The van der Waals surface area contributed by atoms with E-state index in [1.54, 1.807) is 0 Å². The first-order valence-electron chi connectivity index (χ1n) is 23.5. The number of aryl methyl sites for hydroxylation is 4. The van der Waals surface area contributed by atoms with Gasteiger partial charge in [0.2, 0.25) is 0 Å². The van der Waals surface area contributed by atoms with Crippen molar-refractivity contribution in [3.8, 4) is 23.0 Å². The van der Waals surface area contributed by atoms with Gasteiger partial charge in [-0.2, -0.15) is 0 Å². The first-order chi connectivity index (χ1) is 28.1. The maximum absolute atomic E-state index is 6.49. The Hall–Kier alpha value is -3.92. The molecule has 58 heavy (non-hydrogen) atoms. The maximum Gasteiger partial charge on any atom is 0.133 e. The lowest BCUT2D eigenvalue weighted by atomic mass is 9.59. The van der Waals surface area contributed by atoms with Crippen LogP contribution in [0.3, 0.4) is 0 Å². The Balaban J connectivity index is 1.09. The van der Waals surface area contributed by atoms with Crippen LogP contribution in [0, 0.1) is 45.4 Å². The van der Waals surface area contributed by atoms with E-state index in [9.17, 15) is 0 Å². The maximum atomic E-state index is 6.49. The Bertz CT molecular complexity index is 1690. The van der Waals surface area contributed by atoms with Gasteiger partial charge in [-0.3, -0.25) is 0 Å². The molecule has 0 heterocycles. The molecule has 4 heteroatoms. The van der Waals surface area contributed by atoms with Gasteiger partial charge in [-0.25, -0.2) is 0 Å². The van der Waals surface area contributed by atoms with Crippen LogP contribution >= 0.6 is 0 Å². The zero-order chi connectivity index (χ0) is 40.9. The van der Waals surface area contributed by atoms with Crippen LogP contribution in [0.25, 0.3) is 0 Å².